The number of likely N-dealkylation sites (tertiary alicyclic amines) is 1. The number of amides is 2. The molecule has 7 nitrogen and oxygen atoms in total. The Balaban J connectivity index is 1.91. The van der Waals surface area contributed by atoms with Gasteiger partial charge in [-0.2, -0.15) is 0 Å². The van der Waals surface area contributed by atoms with Crippen LogP contribution in [-0.4, -0.2) is 64.3 Å². The molecular weight excluding hydrogens is 420 g/mol. The number of para-hydroxylation sites is 1. The van der Waals surface area contributed by atoms with E-state index in [-0.39, 0.29) is 17.7 Å². The van der Waals surface area contributed by atoms with E-state index < -0.39 is 5.92 Å². The Hall–Kier alpha value is -2.77. The Morgan fingerprint density at radius 1 is 1.06 bits per heavy atom. The molecule has 0 aromatic heterocycles. The third-order valence-corrected chi connectivity index (χ3v) is 5.73. The number of halogens is 1. The molecule has 0 saturated carbocycles. The van der Waals surface area contributed by atoms with Crippen LogP contribution in [0.1, 0.15) is 21.8 Å². The number of carbonyl (C=O) groups excluding carboxylic acids is 2. The van der Waals surface area contributed by atoms with Gasteiger partial charge in [0.1, 0.15) is 0 Å². The Bertz CT molecular complexity index is 919. The van der Waals surface area contributed by atoms with Crippen molar-refractivity contribution in [3.63, 3.8) is 0 Å². The molecule has 2 amide bonds. The second-order valence-electron chi connectivity index (χ2n) is 7.30. The van der Waals surface area contributed by atoms with E-state index in [4.69, 9.17) is 25.8 Å². The summed E-state index contributed by atoms with van der Waals surface area (Å²) in [7, 11) is 4.72. The summed E-state index contributed by atoms with van der Waals surface area (Å²) < 4.78 is 16.1. The predicted octanol–water partition coefficient (Wildman–Crippen LogP) is 2.98. The van der Waals surface area contributed by atoms with Gasteiger partial charge in [-0.3, -0.25) is 9.59 Å². The van der Waals surface area contributed by atoms with Crippen molar-refractivity contribution in [3.05, 3.63) is 58.6 Å². The number of ether oxygens (including phenoxy) is 3. The maximum Gasteiger partial charge on any atom is 0.253 e. The fraction of sp³-hybridized carbons (Fsp3) is 0.391. The van der Waals surface area contributed by atoms with Gasteiger partial charge in [-0.15, -0.1) is 0 Å². The number of rotatable bonds is 8. The van der Waals surface area contributed by atoms with Crippen LogP contribution in [0, 0.1) is 5.92 Å². The number of hydrogen-bond donors (Lipinski definition) is 1. The molecule has 2 aromatic carbocycles. The molecule has 1 heterocycles. The zero-order chi connectivity index (χ0) is 22.4. The average molecular weight is 447 g/mol. The fourth-order valence-electron chi connectivity index (χ4n) is 3.94. The normalized spacial score (nSPS) is 18.0. The fourth-order valence-corrected chi connectivity index (χ4v) is 4.06. The lowest BCUT2D eigenvalue weighted by atomic mass is 9.87. The lowest BCUT2D eigenvalue weighted by Crippen LogP contribution is -2.37. The Morgan fingerprint density at radius 2 is 1.81 bits per heavy atom. The van der Waals surface area contributed by atoms with Crippen molar-refractivity contribution in [2.45, 2.75) is 5.92 Å². The van der Waals surface area contributed by atoms with Crippen molar-refractivity contribution >= 4 is 23.4 Å². The van der Waals surface area contributed by atoms with Crippen molar-refractivity contribution in [3.8, 4) is 11.5 Å². The number of nitrogens with one attached hydrogen (secondary N) is 1. The van der Waals surface area contributed by atoms with Crippen molar-refractivity contribution in [1.82, 2.24) is 10.2 Å². The molecule has 1 N–H and O–H groups in total. The third kappa shape index (κ3) is 5.11. The number of benzene rings is 2. The monoisotopic (exact) mass is 446 g/mol. The van der Waals surface area contributed by atoms with Gasteiger partial charge in [-0.1, -0.05) is 23.7 Å². The van der Waals surface area contributed by atoms with Crippen LogP contribution < -0.4 is 14.8 Å². The number of methoxy groups -OCH3 is 3. The quantitative estimate of drug-likeness (QED) is 0.631. The van der Waals surface area contributed by atoms with E-state index in [1.165, 1.54) is 0 Å². The van der Waals surface area contributed by atoms with Crippen LogP contribution in [0.25, 0.3) is 0 Å². The highest BCUT2D eigenvalue weighted by Crippen LogP contribution is 2.42. The number of nitrogens with zero attached hydrogens (tertiary/aromatic N) is 1. The summed E-state index contributed by atoms with van der Waals surface area (Å²) in [6.07, 6.45) is 0. The van der Waals surface area contributed by atoms with Crippen LogP contribution in [0.5, 0.6) is 11.5 Å². The average Bonchev–Trinajstić information content (AvgIpc) is 3.24. The summed E-state index contributed by atoms with van der Waals surface area (Å²) in [5.41, 5.74) is 1.36. The first-order valence-corrected chi connectivity index (χ1v) is 10.4. The second kappa shape index (κ2) is 10.5. The maximum atomic E-state index is 13.1. The smallest absolute Gasteiger partial charge is 0.253 e. The molecule has 0 radical (unpaired) electrons. The van der Waals surface area contributed by atoms with Gasteiger partial charge in [-0.25, -0.2) is 0 Å². The molecule has 0 bridgehead atoms. The van der Waals surface area contributed by atoms with E-state index in [2.05, 4.69) is 5.32 Å². The molecule has 8 heteroatoms. The van der Waals surface area contributed by atoms with Crippen LogP contribution in [0.15, 0.2) is 42.5 Å². The zero-order valence-corrected chi connectivity index (χ0v) is 18.6. The van der Waals surface area contributed by atoms with Gasteiger partial charge in [0.15, 0.2) is 11.5 Å². The van der Waals surface area contributed by atoms with Gasteiger partial charge >= 0.3 is 0 Å². The highest BCUT2D eigenvalue weighted by Gasteiger charge is 2.42. The largest absolute Gasteiger partial charge is 0.493 e. The van der Waals surface area contributed by atoms with Crippen molar-refractivity contribution in [2.24, 2.45) is 5.92 Å². The topological polar surface area (TPSA) is 77.1 Å². The summed E-state index contributed by atoms with van der Waals surface area (Å²) in [6.45, 7) is 1.50. The molecule has 31 heavy (non-hydrogen) atoms. The van der Waals surface area contributed by atoms with Gasteiger partial charge in [0.25, 0.3) is 5.91 Å². The first-order valence-electron chi connectivity index (χ1n) is 10.0. The highest BCUT2D eigenvalue weighted by molar-refractivity contribution is 6.30. The molecule has 2 atom stereocenters. The summed E-state index contributed by atoms with van der Waals surface area (Å²) in [6, 6.07) is 12.3. The Morgan fingerprint density at radius 3 is 2.45 bits per heavy atom. The molecule has 1 aliphatic heterocycles. The first kappa shape index (κ1) is 22.9. The van der Waals surface area contributed by atoms with Gasteiger partial charge in [0.2, 0.25) is 5.91 Å². The number of carbonyl (C=O) groups is 2. The van der Waals surface area contributed by atoms with E-state index in [0.717, 1.165) is 5.56 Å². The molecule has 1 fully saturated rings. The van der Waals surface area contributed by atoms with E-state index >= 15 is 0 Å². The summed E-state index contributed by atoms with van der Waals surface area (Å²) in [5.74, 6) is 0.207. The SMILES string of the molecule is COCCNC(=O)[C@@H]1CN(C(=O)c2ccc(Cl)cc2)C[C@@H]1c1cccc(OC)c1OC. The van der Waals surface area contributed by atoms with E-state index in [1.807, 2.05) is 18.2 Å². The lowest BCUT2D eigenvalue weighted by molar-refractivity contribution is -0.125. The van der Waals surface area contributed by atoms with Crippen LogP contribution in [-0.2, 0) is 9.53 Å². The second-order valence-corrected chi connectivity index (χ2v) is 7.73. The van der Waals surface area contributed by atoms with Gasteiger partial charge in [0, 0.05) is 48.8 Å². The molecule has 2 aromatic rings. The standard InChI is InChI=1S/C23H27ClN2O5/c1-29-12-11-25-22(27)19-14-26(23(28)15-7-9-16(24)10-8-15)13-18(19)17-5-4-6-20(30-2)21(17)31-3/h4-10,18-19H,11-14H2,1-3H3,(H,25,27)/t18-,19-/m1/s1. The summed E-state index contributed by atoms with van der Waals surface area (Å²) in [4.78, 5) is 27.8. The molecule has 0 unspecified atom stereocenters. The van der Waals surface area contributed by atoms with Gasteiger partial charge < -0.3 is 24.4 Å². The first-order chi connectivity index (χ1) is 15.0. The molecule has 0 spiro atoms. The summed E-state index contributed by atoms with van der Waals surface area (Å²) in [5, 5.41) is 3.47. The Labute approximate surface area is 187 Å². The third-order valence-electron chi connectivity index (χ3n) is 5.47. The van der Waals surface area contributed by atoms with Crippen LogP contribution >= 0.6 is 11.6 Å². The molecule has 1 aliphatic rings. The van der Waals surface area contributed by atoms with Crippen LogP contribution in [0.2, 0.25) is 5.02 Å². The van der Waals surface area contributed by atoms with E-state index in [0.29, 0.717) is 48.3 Å². The Kier molecular flexibility index (Phi) is 7.76. The van der Waals surface area contributed by atoms with Gasteiger partial charge in [0.05, 0.1) is 26.7 Å². The number of hydrogen-bond acceptors (Lipinski definition) is 5. The van der Waals surface area contributed by atoms with Crippen molar-refractivity contribution < 1.29 is 23.8 Å². The van der Waals surface area contributed by atoms with Crippen molar-refractivity contribution in [2.75, 3.05) is 47.6 Å². The minimum Gasteiger partial charge on any atom is -0.493 e. The van der Waals surface area contributed by atoms with Gasteiger partial charge in [-0.05, 0) is 30.3 Å². The van der Waals surface area contributed by atoms with Crippen LogP contribution in [0.3, 0.4) is 0 Å². The van der Waals surface area contributed by atoms with E-state index in [9.17, 15) is 9.59 Å². The summed E-state index contributed by atoms with van der Waals surface area (Å²) >= 11 is 5.95. The minimum absolute atomic E-state index is 0.127. The molecule has 3 rings (SSSR count). The predicted molar refractivity (Wildman–Crippen MR) is 118 cm³/mol. The van der Waals surface area contributed by atoms with Crippen molar-refractivity contribution in [1.29, 1.82) is 0 Å². The highest BCUT2D eigenvalue weighted by atomic mass is 35.5. The molecule has 166 valence electrons. The molecule has 0 aliphatic carbocycles. The van der Waals surface area contributed by atoms with Crippen LogP contribution in [0.4, 0.5) is 0 Å². The zero-order valence-electron chi connectivity index (χ0n) is 17.9. The maximum absolute atomic E-state index is 13.1. The van der Waals surface area contributed by atoms with E-state index in [1.54, 1.807) is 50.5 Å². The lowest BCUT2D eigenvalue weighted by Gasteiger charge is -2.21. The molecule has 1 saturated heterocycles. The minimum atomic E-state index is -0.436. The molecular formula is C23H27ClN2O5.